The van der Waals surface area contributed by atoms with Crippen molar-refractivity contribution in [3.63, 3.8) is 0 Å². The molecular weight excluding hydrogens is 326 g/mol. The molecule has 6 heteroatoms. The first-order valence-electron chi connectivity index (χ1n) is 7.23. The molecule has 1 N–H and O–H groups in total. The van der Waals surface area contributed by atoms with E-state index in [2.05, 4.69) is 15.0 Å². The molecule has 2 aromatic carbocycles. The molecule has 1 aliphatic heterocycles. The van der Waals surface area contributed by atoms with Crippen LogP contribution in [-0.4, -0.2) is 4.98 Å². The number of benzene rings is 2. The quantitative estimate of drug-likeness (QED) is 0.448. The lowest BCUT2D eigenvalue weighted by Crippen LogP contribution is -2.21. The molecule has 0 fully saturated rings. The van der Waals surface area contributed by atoms with Gasteiger partial charge in [0.2, 0.25) is 0 Å². The van der Waals surface area contributed by atoms with Crippen LogP contribution in [0.3, 0.4) is 0 Å². The van der Waals surface area contributed by atoms with Gasteiger partial charge >= 0.3 is 0 Å². The van der Waals surface area contributed by atoms with E-state index in [0.29, 0.717) is 27.4 Å². The summed E-state index contributed by atoms with van der Waals surface area (Å²) >= 11 is 5.54. The molecule has 4 rings (SSSR count). The summed E-state index contributed by atoms with van der Waals surface area (Å²) in [5.41, 5.74) is 0.360. The van der Waals surface area contributed by atoms with Crippen molar-refractivity contribution in [2.45, 2.75) is 0 Å². The zero-order valence-electron chi connectivity index (χ0n) is 12.3. The summed E-state index contributed by atoms with van der Waals surface area (Å²) in [7, 11) is 0. The van der Waals surface area contributed by atoms with Crippen molar-refractivity contribution in [3.8, 4) is 11.3 Å². The monoisotopic (exact) mass is 335 g/mol. The molecule has 0 aromatic heterocycles. The fourth-order valence-electron chi connectivity index (χ4n) is 3.00. The maximum atomic E-state index is 13.0. The molecule has 0 amide bonds. The van der Waals surface area contributed by atoms with Crippen LogP contribution < -0.4 is 21.3 Å². The van der Waals surface area contributed by atoms with E-state index in [-0.39, 0.29) is 15.9 Å². The topological polar surface area (TPSA) is 71.4 Å². The second kappa shape index (κ2) is 5.54. The van der Waals surface area contributed by atoms with Gasteiger partial charge in [-0.05, 0) is 0 Å². The third-order valence-electron chi connectivity index (χ3n) is 4.01. The Balaban J connectivity index is 2.37. The number of aromatic nitrogens is 1. The van der Waals surface area contributed by atoms with E-state index in [1.54, 1.807) is 24.3 Å². The van der Waals surface area contributed by atoms with E-state index in [4.69, 9.17) is 11.8 Å². The lowest BCUT2D eigenvalue weighted by Gasteiger charge is -1.99. The normalized spacial score (nSPS) is 12.1. The minimum absolute atomic E-state index is 0.186. The fourth-order valence-corrected chi connectivity index (χ4v) is 3.08. The highest BCUT2D eigenvalue weighted by molar-refractivity contribution is 6.13. The lowest BCUT2D eigenvalue weighted by molar-refractivity contribution is 1.02. The molecule has 2 aromatic rings. The lowest BCUT2D eigenvalue weighted by atomic mass is 10.0. The van der Waals surface area contributed by atoms with Gasteiger partial charge in [-0.1, -0.05) is 54.6 Å². The van der Waals surface area contributed by atoms with Crippen molar-refractivity contribution in [3.05, 3.63) is 91.0 Å². The van der Waals surface area contributed by atoms with Gasteiger partial charge in [-0.2, -0.15) is 5.10 Å². The number of hydrogen-bond acceptors (Lipinski definition) is 5. The van der Waals surface area contributed by atoms with Crippen LogP contribution in [0.2, 0.25) is 0 Å². The Morgan fingerprint density at radius 2 is 1.54 bits per heavy atom. The molecular formula is C18H10ClN3O2. The van der Waals surface area contributed by atoms with E-state index < -0.39 is 5.56 Å². The Hall–Kier alpha value is -3.05. The molecule has 1 heterocycles. The molecule has 0 radical (unpaired) electrons. The van der Waals surface area contributed by atoms with Crippen molar-refractivity contribution in [1.82, 2.24) is 9.93 Å². The van der Waals surface area contributed by atoms with Gasteiger partial charge in [0.05, 0.1) is 16.1 Å². The Kier molecular flexibility index (Phi) is 3.36. The number of halogens is 1. The predicted molar refractivity (Wildman–Crippen MR) is 91.9 cm³/mol. The zero-order valence-corrected chi connectivity index (χ0v) is 13.0. The van der Waals surface area contributed by atoms with Crippen LogP contribution in [0, 0.1) is 10.4 Å². The van der Waals surface area contributed by atoms with E-state index in [1.807, 2.05) is 30.3 Å². The minimum Gasteiger partial charge on any atom is -0.288 e. The van der Waals surface area contributed by atoms with Crippen molar-refractivity contribution < 1.29 is 0 Å². The van der Waals surface area contributed by atoms with Crippen LogP contribution in [0.15, 0.2) is 69.3 Å². The van der Waals surface area contributed by atoms with Gasteiger partial charge in [-0.15, -0.1) is 0 Å². The SMILES string of the molecule is O=c1nc(-c2ccccc2)c2c(=O)c3ccccc3c(=NNCl)c1=2. The third-order valence-corrected chi connectivity index (χ3v) is 4.09. The van der Waals surface area contributed by atoms with Crippen LogP contribution in [0.4, 0.5) is 0 Å². The van der Waals surface area contributed by atoms with Gasteiger partial charge in [0.15, 0.2) is 5.43 Å². The molecule has 116 valence electrons. The van der Waals surface area contributed by atoms with Gasteiger partial charge in [0.1, 0.15) is 5.36 Å². The summed E-state index contributed by atoms with van der Waals surface area (Å²) in [6.07, 6.45) is 0. The van der Waals surface area contributed by atoms with Crippen LogP contribution in [0.5, 0.6) is 0 Å². The summed E-state index contributed by atoms with van der Waals surface area (Å²) < 4.78 is 0. The highest BCUT2D eigenvalue weighted by Crippen LogP contribution is 2.17. The first-order valence-corrected chi connectivity index (χ1v) is 7.61. The van der Waals surface area contributed by atoms with Crippen LogP contribution in [0.25, 0.3) is 22.0 Å². The first-order chi connectivity index (χ1) is 11.7. The molecule has 0 saturated heterocycles. The molecule has 5 nitrogen and oxygen atoms in total. The van der Waals surface area contributed by atoms with E-state index in [1.165, 1.54) is 0 Å². The maximum absolute atomic E-state index is 13.0. The molecule has 0 saturated carbocycles. The number of fused-ring (bicyclic) bond motifs is 1. The second-order valence-corrected chi connectivity index (χ2v) is 5.47. The summed E-state index contributed by atoms with van der Waals surface area (Å²) in [5.74, 6) is 0. The average Bonchev–Trinajstić information content (AvgIpc) is 2.97. The second-order valence-electron chi connectivity index (χ2n) is 5.30. The first kappa shape index (κ1) is 14.5. The third kappa shape index (κ3) is 2.02. The molecule has 2 aliphatic rings. The molecule has 24 heavy (non-hydrogen) atoms. The highest BCUT2D eigenvalue weighted by Gasteiger charge is 2.16. The van der Waals surface area contributed by atoms with E-state index in [0.717, 1.165) is 0 Å². The summed E-state index contributed by atoms with van der Waals surface area (Å²) in [5, 5.41) is 5.83. The maximum Gasteiger partial charge on any atom is 0.280 e. The number of hydrogen-bond donors (Lipinski definition) is 1. The van der Waals surface area contributed by atoms with Gasteiger partial charge in [-0.3, -0.25) is 9.59 Å². The Morgan fingerprint density at radius 1 is 0.875 bits per heavy atom. The molecule has 0 atom stereocenters. The van der Waals surface area contributed by atoms with Gasteiger partial charge in [-0.25, -0.2) is 9.93 Å². The van der Waals surface area contributed by atoms with Gasteiger partial charge in [0.25, 0.3) is 5.56 Å². The zero-order chi connectivity index (χ0) is 16.7. The highest BCUT2D eigenvalue weighted by atomic mass is 35.5. The standard InChI is InChI=1S/C18H10ClN3O2/c19-22-21-16-11-8-4-5-9-12(11)17(23)13-14(16)18(24)20-15(13)10-6-2-1-3-7-10/h1-9,22H. The molecule has 0 bridgehead atoms. The van der Waals surface area contributed by atoms with Crippen molar-refractivity contribution >= 4 is 22.5 Å². The summed E-state index contributed by atoms with van der Waals surface area (Å²) in [4.78, 5) is 31.8. The van der Waals surface area contributed by atoms with E-state index >= 15 is 0 Å². The Bertz CT molecular complexity index is 1280. The smallest absolute Gasteiger partial charge is 0.280 e. The number of nitrogens with zero attached hydrogens (tertiary/aromatic N) is 2. The number of nitrogens with one attached hydrogen (secondary N) is 1. The predicted octanol–water partition coefficient (Wildman–Crippen LogP) is 1.78. The van der Waals surface area contributed by atoms with Crippen molar-refractivity contribution in [2.24, 2.45) is 5.10 Å². The van der Waals surface area contributed by atoms with E-state index in [9.17, 15) is 9.59 Å². The summed E-state index contributed by atoms with van der Waals surface area (Å²) in [6, 6.07) is 16.1. The largest absolute Gasteiger partial charge is 0.288 e. The molecule has 0 unspecified atom stereocenters. The van der Waals surface area contributed by atoms with Gasteiger partial charge in [0, 0.05) is 28.1 Å². The van der Waals surface area contributed by atoms with Crippen LogP contribution in [-0.2, 0) is 0 Å². The Labute approximate surface area is 140 Å². The molecule has 1 aliphatic carbocycles. The molecule has 0 spiro atoms. The van der Waals surface area contributed by atoms with Crippen LogP contribution in [0.1, 0.15) is 0 Å². The van der Waals surface area contributed by atoms with Crippen molar-refractivity contribution in [1.29, 1.82) is 0 Å². The summed E-state index contributed by atoms with van der Waals surface area (Å²) in [6.45, 7) is 0. The van der Waals surface area contributed by atoms with Crippen molar-refractivity contribution in [2.75, 3.05) is 0 Å². The van der Waals surface area contributed by atoms with Crippen LogP contribution >= 0.6 is 11.8 Å². The average molecular weight is 336 g/mol. The fraction of sp³-hybridized carbons (Fsp3) is 0. The number of rotatable bonds is 2. The van der Waals surface area contributed by atoms with Gasteiger partial charge < -0.3 is 0 Å². The Morgan fingerprint density at radius 3 is 2.25 bits per heavy atom. The minimum atomic E-state index is -0.489.